The lowest BCUT2D eigenvalue weighted by Crippen LogP contribution is -2.21. The van der Waals surface area contributed by atoms with Crippen molar-refractivity contribution in [2.24, 2.45) is 0 Å². The van der Waals surface area contributed by atoms with Crippen LogP contribution >= 0.6 is 0 Å². The Balaban J connectivity index is 2.22. The number of aromatic nitrogens is 2. The Morgan fingerprint density at radius 2 is 1.96 bits per heavy atom. The molecule has 0 fully saturated rings. The third kappa shape index (κ3) is 4.41. The molecule has 2 aromatic rings. The van der Waals surface area contributed by atoms with Crippen LogP contribution in [0.25, 0.3) is 0 Å². The zero-order valence-electron chi connectivity index (χ0n) is 14.3. The Morgan fingerprint density at radius 3 is 2.58 bits per heavy atom. The number of unbranched alkanes of at least 4 members (excludes halogenated alkanes) is 1. The van der Waals surface area contributed by atoms with Crippen LogP contribution in [0.4, 0.5) is 17.3 Å². The van der Waals surface area contributed by atoms with Gasteiger partial charge in [0, 0.05) is 20.1 Å². The third-order valence-corrected chi connectivity index (χ3v) is 3.77. The number of benzene rings is 1. The summed E-state index contributed by atoms with van der Waals surface area (Å²) in [5, 5.41) is 14.6. The second-order valence-corrected chi connectivity index (χ2v) is 5.77. The lowest BCUT2D eigenvalue weighted by molar-refractivity contribution is -0.383. The molecule has 7 nitrogen and oxygen atoms in total. The molecule has 1 N–H and O–H groups in total. The highest BCUT2D eigenvalue weighted by Crippen LogP contribution is 2.31. The molecule has 128 valence electrons. The summed E-state index contributed by atoms with van der Waals surface area (Å²) in [5.41, 5.74) is 2.13. The van der Waals surface area contributed by atoms with Gasteiger partial charge in [-0.15, -0.1) is 0 Å². The van der Waals surface area contributed by atoms with E-state index in [2.05, 4.69) is 22.2 Å². The van der Waals surface area contributed by atoms with Crippen LogP contribution in [0.3, 0.4) is 0 Å². The lowest BCUT2D eigenvalue weighted by atomic mass is 10.1. The molecule has 0 radical (unpaired) electrons. The molecule has 0 unspecified atom stereocenters. The Morgan fingerprint density at radius 1 is 1.25 bits per heavy atom. The summed E-state index contributed by atoms with van der Waals surface area (Å²) in [6, 6.07) is 8.00. The van der Waals surface area contributed by atoms with Gasteiger partial charge in [0.2, 0.25) is 11.6 Å². The molecule has 0 bridgehead atoms. The Bertz CT molecular complexity index is 688. The van der Waals surface area contributed by atoms with Crippen LogP contribution in [0.1, 0.15) is 30.9 Å². The molecule has 0 aliphatic rings. The Hall–Kier alpha value is -2.70. The lowest BCUT2D eigenvalue weighted by Gasteiger charge is -2.18. The Kier molecular flexibility index (Phi) is 6.06. The van der Waals surface area contributed by atoms with Crippen LogP contribution in [-0.4, -0.2) is 28.5 Å². The van der Waals surface area contributed by atoms with E-state index in [0.717, 1.165) is 18.4 Å². The molecule has 1 aromatic heterocycles. The highest BCUT2D eigenvalue weighted by Gasteiger charge is 2.25. The fourth-order valence-electron chi connectivity index (χ4n) is 2.34. The predicted octanol–water partition coefficient (Wildman–Crippen LogP) is 3.54. The molecule has 1 heterocycles. The first-order valence-corrected chi connectivity index (χ1v) is 8.02. The molecule has 0 saturated heterocycles. The van der Waals surface area contributed by atoms with E-state index >= 15 is 0 Å². The van der Waals surface area contributed by atoms with E-state index in [1.54, 1.807) is 4.90 Å². The van der Waals surface area contributed by atoms with Gasteiger partial charge in [0.1, 0.15) is 6.33 Å². The van der Waals surface area contributed by atoms with Gasteiger partial charge in [-0.3, -0.25) is 10.1 Å². The van der Waals surface area contributed by atoms with E-state index in [0.29, 0.717) is 18.9 Å². The molecule has 1 aromatic carbocycles. The highest BCUT2D eigenvalue weighted by molar-refractivity contribution is 5.70. The van der Waals surface area contributed by atoms with Gasteiger partial charge in [-0.2, -0.15) is 0 Å². The number of hydrogen-bond acceptors (Lipinski definition) is 6. The zero-order valence-corrected chi connectivity index (χ0v) is 14.3. The van der Waals surface area contributed by atoms with Crippen molar-refractivity contribution < 1.29 is 4.92 Å². The van der Waals surface area contributed by atoms with Crippen molar-refractivity contribution >= 4 is 17.3 Å². The van der Waals surface area contributed by atoms with Crippen LogP contribution in [0.2, 0.25) is 0 Å². The fraction of sp³-hybridized carbons (Fsp3) is 0.412. The minimum atomic E-state index is -0.421. The average Bonchev–Trinajstić information content (AvgIpc) is 2.58. The van der Waals surface area contributed by atoms with Crippen molar-refractivity contribution in [1.82, 2.24) is 9.97 Å². The minimum Gasteiger partial charge on any atom is -0.360 e. The van der Waals surface area contributed by atoms with E-state index < -0.39 is 4.92 Å². The van der Waals surface area contributed by atoms with Crippen molar-refractivity contribution in [3.63, 3.8) is 0 Å². The molecule has 7 heteroatoms. The van der Waals surface area contributed by atoms with Gasteiger partial charge < -0.3 is 10.2 Å². The Labute approximate surface area is 141 Å². The van der Waals surface area contributed by atoms with E-state index in [1.807, 2.05) is 38.2 Å². The van der Waals surface area contributed by atoms with Crippen LogP contribution in [0.15, 0.2) is 30.6 Å². The smallest absolute Gasteiger partial charge is 0.353 e. The standard InChI is InChI=1S/C17H23N5O2/c1-4-5-10-21(3)17-15(22(23)24)16(19-12-20-17)18-11-14-8-6-13(2)7-9-14/h6-9,12H,4-5,10-11H2,1-3H3,(H,18,19,20). The second-order valence-electron chi connectivity index (χ2n) is 5.77. The molecule has 0 spiro atoms. The maximum absolute atomic E-state index is 11.5. The predicted molar refractivity (Wildman–Crippen MR) is 95.4 cm³/mol. The van der Waals surface area contributed by atoms with Gasteiger partial charge in [0.15, 0.2) is 0 Å². The summed E-state index contributed by atoms with van der Waals surface area (Å²) >= 11 is 0. The SMILES string of the molecule is CCCCN(C)c1ncnc(NCc2ccc(C)cc2)c1[N+](=O)[O-]. The summed E-state index contributed by atoms with van der Waals surface area (Å²) in [7, 11) is 1.81. The van der Waals surface area contributed by atoms with Gasteiger partial charge in [0.05, 0.1) is 4.92 Å². The van der Waals surface area contributed by atoms with Crippen molar-refractivity contribution in [3.8, 4) is 0 Å². The highest BCUT2D eigenvalue weighted by atomic mass is 16.6. The monoisotopic (exact) mass is 329 g/mol. The first-order chi connectivity index (χ1) is 11.5. The van der Waals surface area contributed by atoms with Gasteiger partial charge in [-0.25, -0.2) is 9.97 Å². The number of anilines is 2. The quantitative estimate of drug-likeness (QED) is 0.589. The van der Waals surface area contributed by atoms with E-state index in [-0.39, 0.29) is 11.5 Å². The molecular formula is C17H23N5O2. The summed E-state index contributed by atoms with van der Waals surface area (Å²) in [5.74, 6) is 0.587. The van der Waals surface area contributed by atoms with Crippen LogP contribution in [0, 0.1) is 17.0 Å². The molecule has 0 atom stereocenters. The molecule has 0 amide bonds. The van der Waals surface area contributed by atoms with Crippen molar-refractivity contribution in [2.75, 3.05) is 23.8 Å². The van der Waals surface area contributed by atoms with Crippen molar-refractivity contribution in [3.05, 3.63) is 51.8 Å². The topological polar surface area (TPSA) is 84.2 Å². The average molecular weight is 329 g/mol. The van der Waals surface area contributed by atoms with Gasteiger partial charge in [-0.1, -0.05) is 43.2 Å². The van der Waals surface area contributed by atoms with Crippen LogP contribution < -0.4 is 10.2 Å². The van der Waals surface area contributed by atoms with Crippen LogP contribution in [-0.2, 0) is 6.54 Å². The van der Waals surface area contributed by atoms with E-state index in [1.165, 1.54) is 11.9 Å². The van der Waals surface area contributed by atoms with Crippen LogP contribution in [0.5, 0.6) is 0 Å². The molecule has 0 saturated carbocycles. The number of rotatable bonds is 8. The van der Waals surface area contributed by atoms with Gasteiger partial charge >= 0.3 is 5.69 Å². The summed E-state index contributed by atoms with van der Waals surface area (Å²) in [4.78, 5) is 21.1. The summed E-state index contributed by atoms with van der Waals surface area (Å²) < 4.78 is 0. The largest absolute Gasteiger partial charge is 0.360 e. The first-order valence-electron chi connectivity index (χ1n) is 8.02. The summed E-state index contributed by atoms with van der Waals surface area (Å²) in [6.45, 7) is 5.28. The molecule has 0 aliphatic carbocycles. The maximum Gasteiger partial charge on any atom is 0.353 e. The number of nitrogens with zero attached hydrogens (tertiary/aromatic N) is 4. The third-order valence-electron chi connectivity index (χ3n) is 3.77. The minimum absolute atomic E-state index is 0.0804. The molecule has 2 rings (SSSR count). The molecule has 24 heavy (non-hydrogen) atoms. The van der Waals surface area contributed by atoms with E-state index in [9.17, 15) is 10.1 Å². The number of nitro groups is 1. The van der Waals surface area contributed by atoms with Gasteiger partial charge in [-0.05, 0) is 18.9 Å². The fourth-order valence-corrected chi connectivity index (χ4v) is 2.34. The van der Waals surface area contributed by atoms with E-state index in [4.69, 9.17) is 0 Å². The van der Waals surface area contributed by atoms with Gasteiger partial charge in [0.25, 0.3) is 0 Å². The molecular weight excluding hydrogens is 306 g/mol. The second kappa shape index (κ2) is 8.24. The van der Waals surface area contributed by atoms with Crippen molar-refractivity contribution in [2.45, 2.75) is 33.2 Å². The summed E-state index contributed by atoms with van der Waals surface area (Å²) in [6.07, 6.45) is 3.33. The number of aryl methyl sites for hydroxylation is 1. The first kappa shape index (κ1) is 17.7. The number of hydrogen-bond donors (Lipinski definition) is 1. The zero-order chi connectivity index (χ0) is 17.5. The maximum atomic E-state index is 11.5. The van der Waals surface area contributed by atoms with Crippen molar-refractivity contribution in [1.29, 1.82) is 0 Å². The molecule has 0 aliphatic heterocycles. The normalized spacial score (nSPS) is 10.5. The number of nitrogens with one attached hydrogen (secondary N) is 1.